The minimum Gasteiger partial charge on any atom is -0.497 e. The zero-order valence-electron chi connectivity index (χ0n) is 13.7. The van der Waals surface area contributed by atoms with Crippen LogP contribution in [0.1, 0.15) is 15.9 Å². The van der Waals surface area contributed by atoms with Gasteiger partial charge in [0.15, 0.2) is 0 Å². The van der Waals surface area contributed by atoms with E-state index in [2.05, 4.69) is 45.1 Å². The summed E-state index contributed by atoms with van der Waals surface area (Å²) in [5.41, 5.74) is 1.97. The Morgan fingerprint density at radius 3 is 2.46 bits per heavy atom. The predicted molar refractivity (Wildman–Crippen MR) is 98.3 cm³/mol. The summed E-state index contributed by atoms with van der Waals surface area (Å²) in [4.78, 5) is 17.1. The molecule has 0 spiro atoms. The van der Waals surface area contributed by atoms with Crippen LogP contribution in [0.15, 0.2) is 53.0 Å². The Morgan fingerprint density at radius 1 is 1.08 bits per heavy atom. The summed E-state index contributed by atoms with van der Waals surface area (Å²) in [6.07, 6.45) is 0. The van der Waals surface area contributed by atoms with Crippen LogP contribution in [-0.2, 0) is 6.54 Å². The van der Waals surface area contributed by atoms with Crippen LogP contribution in [0.2, 0.25) is 0 Å². The summed E-state index contributed by atoms with van der Waals surface area (Å²) in [5.74, 6) is 0.754. The zero-order valence-corrected chi connectivity index (χ0v) is 15.3. The summed E-state index contributed by atoms with van der Waals surface area (Å²) >= 11 is 3.47. The van der Waals surface area contributed by atoms with Crippen LogP contribution in [-0.4, -0.2) is 49.0 Å². The van der Waals surface area contributed by atoms with Crippen LogP contribution in [0.4, 0.5) is 0 Å². The van der Waals surface area contributed by atoms with Crippen molar-refractivity contribution in [3.8, 4) is 5.75 Å². The molecule has 2 aromatic rings. The molecule has 0 atom stereocenters. The molecule has 1 saturated heterocycles. The SMILES string of the molecule is COc1ccc(Br)c(C(=O)N2CCN(Cc3ccccc3)CC2)c1. The van der Waals surface area contributed by atoms with Crippen molar-refractivity contribution in [3.63, 3.8) is 0 Å². The highest BCUT2D eigenvalue weighted by Gasteiger charge is 2.23. The van der Waals surface area contributed by atoms with Gasteiger partial charge >= 0.3 is 0 Å². The van der Waals surface area contributed by atoms with Crippen molar-refractivity contribution in [1.29, 1.82) is 0 Å². The number of amides is 1. The zero-order chi connectivity index (χ0) is 16.9. The van der Waals surface area contributed by atoms with Gasteiger partial charge in [0.05, 0.1) is 12.7 Å². The summed E-state index contributed by atoms with van der Waals surface area (Å²) in [5, 5.41) is 0. The number of carbonyl (C=O) groups excluding carboxylic acids is 1. The van der Waals surface area contributed by atoms with E-state index in [1.54, 1.807) is 13.2 Å². The molecule has 2 aromatic carbocycles. The normalized spacial score (nSPS) is 15.3. The Hall–Kier alpha value is -1.85. The maximum atomic E-state index is 12.8. The van der Waals surface area contributed by atoms with Crippen molar-refractivity contribution in [2.75, 3.05) is 33.3 Å². The minimum absolute atomic E-state index is 0.0557. The fourth-order valence-corrected chi connectivity index (χ4v) is 3.33. The van der Waals surface area contributed by atoms with Gasteiger partial charge in [0.1, 0.15) is 5.75 Å². The molecule has 0 aromatic heterocycles. The number of halogens is 1. The van der Waals surface area contributed by atoms with Crippen LogP contribution >= 0.6 is 15.9 Å². The van der Waals surface area contributed by atoms with Crippen LogP contribution < -0.4 is 4.74 Å². The lowest BCUT2D eigenvalue weighted by Crippen LogP contribution is -2.48. The van der Waals surface area contributed by atoms with Gasteiger partial charge in [-0.3, -0.25) is 9.69 Å². The Balaban J connectivity index is 1.61. The fraction of sp³-hybridized carbons (Fsp3) is 0.316. The molecule has 1 amide bonds. The monoisotopic (exact) mass is 388 g/mol. The Labute approximate surface area is 151 Å². The maximum Gasteiger partial charge on any atom is 0.255 e. The molecule has 0 saturated carbocycles. The molecule has 1 fully saturated rings. The van der Waals surface area contributed by atoms with Crippen LogP contribution in [0.25, 0.3) is 0 Å². The van der Waals surface area contributed by atoms with Gasteiger partial charge < -0.3 is 9.64 Å². The number of piperazine rings is 1. The van der Waals surface area contributed by atoms with Gasteiger partial charge in [-0.15, -0.1) is 0 Å². The summed E-state index contributed by atoms with van der Waals surface area (Å²) in [7, 11) is 1.61. The first-order valence-electron chi connectivity index (χ1n) is 8.06. The quantitative estimate of drug-likeness (QED) is 0.804. The summed E-state index contributed by atoms with van der Waals surface area (Å²) < 4.78 is 6.04. The van der Waals surface area contributed by atoms with E-state index in [0.29, 0.717) is 11.3 Å². The number of methoxy groups -OCH3 is 1. The van der Waals surface area contributed by atoms with Crippen LogP contribution in [0, 0.1) is 0 Å². The predicted octanol–water partition coefficient (Wildman–Crippen LogP) is 3.42. The molecule has 0 radical (unpaired) electrons. The first-order chi connectivity index (χ1) is 11.7. The molecule has 1 heterocycles. The Kier molecular flexibility index (Phi) is 5.53. The van der Waals surface area contributed by atoms with Gasteiger partial charge in [-0.2, -0.15) is 0 Å². The van der Waals surface area contributed by atoms with Gasteiger partial charge in [0.2, 0.25) is 0 Å². The molecule has 4 nitrogen and oxygen atoms in total. The van der Waals surface area contributed by atoms with Crippen molar-refractivity contribution in [2.24, 2.45) is 0 Å². The van der Waals surface area contributed by atoms with E-state index in [9.17, 15) is 4.79 Å². The average molecular weight is 389 g/mol. The molecule has 1 aliphatic rings. The highest BCUT2D eigenvalue weighted by atomic mass is 79.9. The molecule has 3 rings (SSSR count). The van der Waals surface area contributed by atoms with Crippen molar-refractivity contribution in [2.45, 2.75) is 6.54 Å². The lowest BCUT2D eigenvalue weighted by molar-refractivity contribution is 0.0627. The first kappa shape index (κ1) is 17.0. The number of nitrogens with zero attached hydrogens (tertiary/aromatic N) is 2. The van der Waals surface area contributed by atoms with Crippen molar-refractivity contribution < 1.29 is 9.53 Å². The van der Waals surface area contributed by atoms with Crippen molar-refractivity contribution >= 4 is 21.8 Å². The fourth-order valence-electron chi connectivity index (χ4n) is 2.92. The molecule has 5 heteroatoms. The third kappa shape index (κ3) is 3.97. The van der Waals surface area contributed by atoms with Gasteiger partial charge in [-0.25, -0.2) is 0 Å². The third-order valence-electron chi connectivity index (χ3n) is 4.31. The number of ether oxygens (including phenoxy) is 1. The second kappa shape index (κ2) is 7.81. The molecule has 126 valence electrons. The molecule has 0 aliphatic carbocycles. The number of hydrogen-bond donors (Lipinski definition) is 0. The van der Waals surface area contributed by atoms with E-state index < -0.39 is 0 Å². The van der Waals surface area contributed by atoms with E-state index in [4.69, 9.17) is 4.74 Å². The van der Waals surface area contributed by atoms with E-state index in [1.807, 2.05) is 23.1 Å². The van der Waals surface area contributed by atoms with E-state index in [0.717, 1.165) is 37.2 Å². The third-order valence-corrected chi connectivity index (χ3v) is 5.00. The smallest absolute Gasteiger partial charge is 0.255 e. The maximum absolute atomic E-state index is 12.8. The van der Waals surface area contributed by atoms with Crippen molar-refractivity contribution in [3.05, 3.63) is 64.1 Å². The lowest BCUT2D eigenvalue weighted by Gasteiger charge is -2.35. The molecule has 0 unspecified atom stereocenters. The van der Waals surface area contributed by atoms with E-state index in [1.165, 1.54) is 5.56 Å². The van der Waals surface area contributed by atoms with Crippen LogP contribution in [0.5, 0.6) is 5.75 Å². The second-order valence-electron chi connectivity index (χ2n) is 5.90. The first-order valence-corrected chi connectivity index (χ1v) is 8.86. The molecule has 1 aliphatic heterocycles. The Bertz CT molecular complexity index is 698. The average Bonchev–Trinajstić information content (AvgIpc) is 2.63. The molecule has 0 N–H and O–H groups in total. The molecular weight excluding hydrogens is 368 g/mol. The number of rotatable bonds is 4. The van der Waals surface area contributed by atoms with Gasteiger partial charge in [-0.1, -0.05) is 30.3 Å². The molecular formula is C19H21BrN2O2. The largest absolute Gasteiger partial charge is 0.497 e. The van der Waals surface area contributed by atoms with Crippen LogP contribution in [0.3, 0.4) is 0 Å². The molecule has 0 bridgehead atoms. The molecule has 24 heavy (non-hydrogen) atoms. The lowest BCUT2D eigenvalue weighted by atomic mass is 10.1. The number of hydrogen-bond acceptors (Lipinski definition) is 3. The summed E-state index contributed by atoms with van der Waals surface area (Å²) in [6.45, 7) is 4.21. The number of carbonyl (C=O) groups is 1. The standard InChI is InChI=1S/C19H21BrN2O2/c1-24-16-7-8-18(20)17(13-16)19(23)22-11-9-21(10-12-22)14-15-5-3-2-4-6-15/h2-8,13H,9-12,14H2,1H3. The van der Waals surface area contributed by atoms with E-state index in [-0.39, 0.29) is 5.91 Å². The van der Waals surface area contributed by atoms with Gasteiger partial charge in [0, 0.05) is 37.2 Å². The van der Waals surface area contributed by atoms with Gasteiger partial charge in [-0.05, 0) is 39.7 Å². The minimum atomic E-state index is 0.0557. The van der Waals surface area contributed by atoms with Gasteiger partial charge in [0.25, 0.3) is 5.91 Å². The Morgan fingerprint density at radius 2 is 1.79 bits per heavy atom. The van der Waals surface area contributed by atoms with E-state index >= 15 is 0 Å². The second-order valence-corrected chi connectivity index (χ2v) is 6.75. The van der Waals surface area contributed by atoms with Crippen molar-refractivity contribution in [1.82, 2.24) is 9.80 Å². The highest BCUT2D eigenvalue weighted by Crippen LogP contribution is 2.24. The highest BCUT2D eigenvalue weighted by molar-refractivity contribution is 9.10. The topological polar surface area (TPSA) is 32.8 Å². The summed E-state index contributed by atoms with van der Waals surface area (Å²) in [6, 6.07) is 16.0. The number of benzene rings is 2.